The van der Waals surface area contributed by atoms with Crippen molar-refractivity contribution in [2.45, 2.75) is 57.4 Å². The smallest absolute Gasteiger partial charge is 0.221 e. The summed E-state index contributed by atoms with van der Waals surface area (Å²) in [5.74, 6) is 0.985. The maximum atomic E-state index is 11.7. The van der Waals surface area contributed by atoms with Crippen molar-refractivity contribution in [3.8, 4) is 0 Å². The molecule has 3 heteroatoms. The molecule has 1 amide bonds. The SMILES string of the molecule is O=C(CC1CCCN1)NCC1CCCCC1. The van der Waals surface area contributed by atoms with Crippen LogP contribution in [0.5, 0.6) is 0 Å². The van der Waals surface area contributed by atoms with Crippen LogP contribution in [-0.2, 0) is 4.79 Å². The zero-order valence-electron chi connectivity index (χ0n) is 10.1. The lowest BCUT2D eigenvalue weighted by atomic mass is 9.89. The van der Waals surface area contributed by atoms with Crippen LogP contribution < -0.4 is 10.6 Å². The molecule has 92 valence electrons. The zero-order valence-corrected chi connectivity index (χ0v) is 10.1. The number of rotatable bonds is 4. The van der Waals surface area contributed by atoms with E-state index < -0.39 is 0 Å². The average Bonchev–Trinajstić information content (AvgIpc) is 2.81. The predicted octanol–water partition coefficient (Wildman–Crippen LogP) is 1.82. The standard InChI is InChI=1S/C13H24N2O/c16-13(9-12-7-4-8-14-12)15-10-11-5-2-1-3-6-11/h11-12,14H,1-10H2,(H,15,16). The van der Waals surface area contributed by atoms with Gasteiger partial charge in [-0.05, 0) is 38.1 Å². The van der Waals surface area contributed by atoms with Gasteiger partial charge in [-0.1, -0.05) is 19.3 Å². The van der Waals surface area contributed by atoms with Crippen LogP contribution in [-0.4, -0.2) is 25.0 Å². The van der Waals surface area contributed by atoms with Gasteiger partial charge < -0.3 is 10.6 Å². The van der Waals surface area contributed by atoms with Gasteiger partial charge in [-0.2, -0.15) is 0 Å². The van der Waals surface area contributed by atoms with Crippen LogP contribution in [0.4, 0.5) is 0 Å². The first-order valence-corrected chi connectivity index (χ1v) is 6.84. The summed E-state index contributed by atoms with van der Waals surface area (Å²) >= 11 is 0. The topological polar surface area (TPSA) is 41.1 Å². The van der Waals surface area contributed by atoms with Crippen molar-refractivity contribution in [2.75, 3.05) is 13.1 Å². The van der Waals surface area contributed by atoms with Gasteiger partial charge in [0.15, 0.2) is 0 Å². The molecule has 2 aliphatic rings. The van der Waals surface area contributed by atoms with E-state index in [1.807, 2.05) is 0 Å². The summed E-state index contributed by atoms with van der Waals surface area (Å²) in [6, 6.07) is 0.436. The molecule has 2 fully saturated rings. The van der Waals surface area contributed by atoms with Crippen LogP contribution in [0.1, 0.15) is 51.4 Å². The Hall–Kier alpha value is -0.570. The van der Waals surface area contributed by atoms with Crippen molar-refractivity contribution in [1.29, 1.82) is 0 Å². The van der Waals surface area contributed by atoms with Crippen LogP contribution in [0, 0.1) is 5.92 Å². The Morgan fingerprint density at radius 1 is 1.12 bits per heavy atom. The summed E-state index contributed by atoms with van der Waals surface area (Å²) < 4.78 is 0. The first-order valence-electron chi connectivity index (χ1n) is 6.84. The molecule has 0 aromatic heterocycles. The highest BCUT2D eigenvalue weighted by atomic mass is 16.1. The molecule has 1 unspecified atom stereocenters. The number of carbonyl (C=O) groups is 1. The van der Waals surface area contributed by atoms with Crippen LogP contribution in [0.15, 0.2) is 0 Å². The highest BCUT2D eigenvalue weighted by Gasteiger charge is 2.19. The lowest BCUT2D eigenvalue weighted by Gasteiger charge is -2.22. The molecule has 2 rings (SSSR count). The minimum atomic E-state index is 0.241. The number of carbonyl (C=O) groups excluding carboxylic acids is 1. The minimum absolute atomic E-state index is 0.241. The largest absolute Gasteiger partial charge is 0.356 e. The summed E-state index contributed by atoms with van der Waals surface area (Å²) in [5.41, 5.74) is 0. The summed E-state index contributed by atoms with van der Waals surface area (Å²) in [5, 5.41) is 6.46. The van der Waals surface area contributed by atoms with E-state index in [1.54, 1.807) is 0 Å². The van der Waals surface area contributed by atoms with E-state index in [0.717, 1.165) is 25.4 Å². The predicted molar refractivity (Wildman–Crippen MR) is 65.2 cm³/mol. The van der Waals surface area contributed by atoms with Gasteiger partial charge in [0.1, 0.15) is 0 Å². The summed E-state index contributed by atoms with van der Waals surface area (Å²) in [6.45, 7) is 1.99. The Bertz CT molecular complexity index is 218. The first-order chi connectivity index (χ1) is 7.84. The third-order valence-corrected chi connectivity index (χ3v) is 3.91. The van der Waals surface area contributed by atoms with Gasteiger partial charge in [-0.25, -0.2) is 0 Å². The van der Waals surface area contributed by atoms with E-state index in [2.05, 4.69) is 10.6 Å². The molecule has 0 spiro atoms. The van der Waals surface area contributed by atoms with Gasteiger partial charge in [0.05, 0.1) is 0 Å². The van der Waals surface area contributed by atoms with Crippen LogP contribution >= 0.6 is 0 Å². The highest BCUT2D eigenvalue weighted by molar-refractivity contribution is 5.76. The van der Waals surface area contributed by atoms with Crippen molar-refractivity contribution in [3.63, 3.8) is 0 Å². The first kappa shape index (κ1) is 11.9. The number of hydrogen-bond donors (Lipinski definition) is 2. The molecule has 1 atom stereocenters. The van der Waals surface area contributed by atoms with E-state index in [-0.39, 0.29) is 5.91 Å². The fraction of sp³-hybridized carbons (Fsp3) is 0.923. The van der Waals surface area contributed by atoms with E-state index in [4.69, 9.17) is 0 Å². The molecule has 3 nitrogen and oxygen atoms in total. The van der Waals surface area contributed by atoms with Gasteiger partial charge in [-0.3, -0.25) is 4.79 Å². The molecule has 1 aliphatic heterocycles. The third kappa shape index (κ3) is 3.78. The summed E-state index contributed by atoms with van der Waals surface area (Å²) in [6.07, 6.45) is 9.76. The molecule has 1 heterocycles. The number of hydrogen-bond acceptors (Lipinski definition) is 2. The van der Waals surface area contributed by atoms with Crippen molar-refractivity contribution < 1.29 is 4.79 Å². The molecule has 1 aliphatic carbocycles. The monoisotopic (exact) mass is 224 g/mol. The molecular weight excluding hydrogens is 200 g/mol. The van der Waals surface area contributed by atoms with E-state index in [1.165, 1.54) is 38.5 Å². The third-order valence-electron chi connectivity index (χ3n) is 3.91. The Morgan fingerprint density at radius 3 is 2.62 bits per heavy atom. The molecule has 0 radical (unpaired) electrons. The van der Waals surface area contributed by atoms with E-state index >= 15 is 0 Å². The second kappa shape index (κ2) is 6.24. The van der Waals surface area contributed by atoms with Crippen LogP contribution in [0.2, 0.25) is 0 Å². The Kier molecular flexibility index (Phi) is 4.64. The van der Waals surface area contributed by atoms with Gasteiger partial charge >= 0.3 is 0 Å². The average molecular weight is 224 g/mol. The van der Waals surface area contributed by atoms with Crippen LogP contribution in [0.3, 0.4) is 0 Å². The molecular formula is C13H24N2O. The normalized spacial score (nSPS) is 26.9. The lowest BCUT2D eigenvalue weighted by molar-refractivity contribution is -0.121. The summed E-state index contributed by atoms with van der Waals surface area (Å²) in [7, 11) is 0. The Balaban J connectivity index is 1.59. The van der Waals surface area contributed by atoms with E-state index in [9.17, 15) is 4.79 Å². The molecule has 1 saturated heterocycles. The number of nitrogens with one attached hydrogen (secondary N) is 2. The molecule has 2 N–H and O–H groups in total. The van der Waals surface area contributed by atoms with Gasteiger partial charge in [0.2, 0.25) is 5.91 Å². The maximum absolute atomic E-state index is 11.7. The molecule has 0 aromatic rings. The maximum Gasteiger partial charge on any atom is 0.221 e. The van der Waals surface area contributed by atoms with Crippen LogP contribution in [0.25, 0.3) is 0 Å². The van der Waals surface area contributed by atoms with E-state index in [0.29, 0.717) is 12.5 Å². The second-order valence-electron chi connectivity index (χ2n) is 5.31. The highest BCUT2D eigenvalue weighted by Crippen LogP contribution is 2.22. The second-order valence-corrected chi connectivity index (χ2v) is 5.31. The molecule has 0 aromatic carbocycles. The zero-order chi connectivity index (χ0) is 11.2. The molecule has 16 heavy (non-hydrogen) atoms. The fourth-order valence-electron chi connectivity index (χ4n) is 2.88. The quantitative estimate of drug-likeness (QED) is 0.765. The lowest BCUT2D eigenvalue weighted by Crippen LogP contribution is -2.34. The van der Waals surface area contributed by atoms with Gasteiger partial charge in [-0.15, -0.1) is 0 Å². The van der Waals surface area contributed by atoms with Crippen molar-refractivity contribution in [2.24, 2.45) is 5.92 Å². The van der Waals surface area contributed by atoms with Gasteiger partial charge in [0, 0.05) is 19.0 Å². The van der Waals surface area contributed by atoms with Crippen molar-refractivity contribution >= 4 is 5.91 Å². The molecule has 1 saturated carbocycles. The number of amides is 1. The Morgan fingerprint density at radius 2 is 1.94 bits per heavy atom. The van der Waals surface area contributed by atoms with Crippen molar-refractivity contribution in [3.05, 3.63) is 0 Å². The fourth-order valence-corrected chi connectivity index (χ4v) is 2.88. The molecule has 0 bridgehead atoms. The Labute approximate surface area is 98.4 Å². The summed E-state index contributed by atoms with van der Waals surface area (Å²) in [4.78, 5) is 11.7. The minimum Gasteiger partial charge on any atom is -0.356 e. The van der Waals surface area contributed by atoms with Gasteiger partial charge in [0.25, 0.3) is 0 Å². The van der Waals surface area contributed by atoms with Crippen molar-refractivity contribution in [1.82, 2.24) is 10.6 Å².